The molecule has 1 aromatic rings. The average Bonchev–Trinajstić information content (AvgIpc) is 2.35. The van der Waals surface area contributed by atoms with Crippen molar-refractivity contribution < 1.29 is 4.74 Å². The van der Waals surface area contributed by atoms with E-state index in [2.05, 4.69) is 33.9 Å². The Morgan fingerprint density at radius 3 is 3.24 bits per heavy atom. The van der Waals surface area contributed by atoms with Crippen LogP contribution >= 0.6 is 15.9 Å². The normalized spacial score (nSPS) is 18.3. The molecule has 0 amide bonds. The third kappa shape index (κ3) is 3.33. The second-order valence-electron chi connectivity index (χ2n) is 4.26. The fraction of sp³-hybridized carbons (Fsp3) is 0.429. The predicted octanol–water partition coefficient (Wildman–Crippen LogP) is 3.83. The van der Waals surface area contributed by atoms with Crippen LogP contribution in [0.2, 0.25) is 0 Å². The molecule has 1 aromatic carbocycles. The molecule has 0 aromatic heterocycles. The summed E-state index contributed by atoms with van der Waals surface area (Å²) in [4.78, 5) is 0. The van der Waals surface area contributed by atoms with Gasteiger partial charge in [0.2, 0.25) is 0 Å². The molecule has 0 saturated heterocycles. The molecule has 0 spiro atoms. The van der Waals surface area contributed by atoms with Gasteiger partial charge in [0.05, 0.1) is 6.61 Å². The van der Waals surface area contributed by atoms with E-state index in [0.717, 1.165) is 42.6 Å². The van der Waals surface area contributed by atoms with Crippen molar-refractivity contribution in [3.8, 4) is 5.75 Å². The van der Waals surface area contributed by atoms with Crippen molar-refractivity contribution in [3.63, 3.8) is 0 Å². The summed E-state index contributed by atoms with van der Waals surface area (Å²) >= 11 is 3.51. The fourth-order valence-electron chi connectivity index (χ4n) is 2.10. The summed E-state index contributed by atoms with van der Waals surface area (Å²) in [7, 11) is 0. The molecule has 1 atom stereocenters. The summed E-state index contributed by atoms with van der Waals surface area (Å²) in [5.74, 6) is 1.01. The number of hydrogen-bond donors (Lipinski definition) is 1. The van der Waals surface area contributed by atoms with Crippen LogP contribution in [0.15, 0.2) is 35.3 Å². The Morgan fingerprint density at radius 1 is 1.53 bits per heavy atom. The van der Waals surface area contributed by atoms with Crippen molar-refractivity contribution >= 4 is 15.9 Å². The summed E-state index contributed by atoms with van der Waals surface area (Å²) in [6.07, 6.45) is 5.22. The Labute approximate surface area is 111 Å². The predicted molar refractivity (Wildman–Crippen MR) is 74.4 cm³/mol. The highest BCUT2D eigenvalue weighted by Crippen LogP contribution is 2.33. The van der Waals surface area contributed by atoms with E-state index < -0.39 is 0 Å². The van der Waals surface area contributed by atoms with E-state index >= 15 is 0 Å². The molecule has 0 aliphatic carbocycles. The van der Waals surface area contributed by atoms with E-state index in [9.17, 15) is 0 Å². The van der Waals surface area contributed by atoms with Gasteiger partial charge in [-0.05, 0) is 37.6 Å². The average molecular weight is 296 g/mol. The summed E-state index contributed by atoms with van der Waals surface area (Å²) in [5.41, 5.74) is 1.27. The maximum absolute atomic E-state index is 5.66. The molecule has 1 aliphatic rings. The van der Waals surface area contributed by atoms with Gasteiger partial charge in [0.25, 0.3) is 0 Å². The van der Waals surface area contributed by atoms with Gasteiger partial charge in [0.15, 0.2) is 0 Å². The molecule has 17 heavy (non-hydrogen) atoms. The van der Waals surface area contributed by atoms with Crippen LogP contribution in [-0.2, 0) is 0 Å². The van der Waals surface area contributed by atoms with E-state index in [1.165, 1.54) is 5.56 Å². The third-order valence-corrected chi connectivity index (χ3v) is 3.48. The summed E-state index contributed by atoms with van der Waals surface area (Å²) in [5, 5.41) is 3.59. The van der Waals surface area contributed by atoms with Gasteiger partial charge in [-0.1, -0.05) is 22.0 Å². The number of nitrogens with one attached hydrogen (secondary N) is 1. The number of ether oxygens (including phenoxy) is 1. The third-order valence-electron chi connectivity index (χ3n) is 2.99. The first-order valence-corrected chi connectivity index (χ1v) is 6.87. The lowest BCUT2D eigenvalue weighted by atomic mass is 10.0. The minimum atomic E-state index is 0.418. The van der Waals surface area contributed by atoms with Crippen molar-refractivity contribution in [1.82, 2.24) is 5.32 Å². The number of hydrogen-bond acceptors (Lipinski definition) is 2. The standard InChI is InChI=1S/C14H18BrNO/c1-2-3-4-8-16-13-7-9-17-14-6-5-11(15)10-12(13)14/h2,5-6,10,13,16H,1,3-4,7-9H2. The summed E-state index contributed by atoms with van der Waals surface area (Å²) in [6.45, 7) is 5.57. The molecule has 1 unspecified atom stereocenters. The SMILES string of the molecule is C=CCCCNC1CCOc2ccc(Br)cc21. The molecule has 2 rings (SSSR count). The van der Waals surface area contributed by atoms with Crippen LogP contribution in [0.5, 0.6) is 5.75 Å². The largest absolute Gasteiger partial charge is 0.493 e. The molecule has 3 heteroatoms. The van der Waals surface area contributed by atoms with Crippen molar-refractivity contribution in [1.29, 1.82) is 0 Å². The van der Waals surface area contributed by atoms with Crippen LogP contribution in [0, 0.1) is 0 Å². The summed E-state index contributed by atoms with van der Waals surface area (Å²) in [6, 6.07) is 6.64. The Morgan fingerprint density at radius 2 is 2.41 bits per heavy atom. The molecule has 0 fully saturated rings. The lowest BCUT2D eigenvalue weighted by Crippen LogP contribution is -2.27. The minimum Gasteiger partial charge on any atom is -0.493 e. The van der Waals surface area contributed by atoms with Crippen LogP contribution in [0.3, 0.4) is 0 Å². The van der Waals surface area contributed by atoms with Crippen LogP contribution in [0.4, 0.5) is 0 Å². The molecule has 0 saturated carbocycles. The van der Waals surface area contributed by atoms with Gasteiger partial charge in [0, 0.05) is 22.5 Å². The van der Waals surface area contributed by atoms with Crippen LogP contribution in [0.1, 0.15) is 30.9 Å². The topological polar surface area (TPSA) is 21.3 Å². The van der Waals surface area contributed by atoms with Crippen molar-refractivity contribution in [2.45, 2.75) is 25.3 Å². The first-order chi connectivity index (χ1) is 8.31. The van der Waals surface area contributed by atoms with E-state index in [0.29, 0.717) is 6.04 Å². The number of allylic oxidation sites excluding steroid dienone is 1. The van der Waals surface area contributed by atoms with Crippen LogP contribution < -0.4 is 10.1 Å². The molecule has 1 N–H and O–H groups in total. The smallest absolute Gasteiger partial charge is 0.124 e. The van der Waals surface area contributed by atoms with Gasteiger partial charge < -0.3 is 10.1 Å². The lowest BCUT2D eigenvalue weighted by molar-refractivity contribution is 0.252. The second-order valence-corrected chi connectivity index (χ2v) is 5.17. The van der Waals surface area contributed by atoms with Gasteiger partial charge in [0.1, 0.15) is 5.75 Å². The van der Waals surface area contributed by atoms with Gasteiger partial charge >= 0.3 is 0 Å². The van der Waals surface area contributed by atoms with Gasteiger partial charge in [-0.15, -0.1) is 6.58 Å². The van der Waals surface area contributed by atoms with Crippen LogP contribution in [-0.4, -0.2) is 13.2 Å². The van der Waals surface area contributed by atoms with E-state index in [-0.39, 0.29) is 0 Å². The highest BCUT2D eigenvalue weighted by molar-refractivity contribution is 9.10. The zero-order valence-electron chi connectivity index (χ0n) is 9.92. The molecule has 2 nitrogen and oxygen atoms in total. The fourth-order valence-corrected chi connectivity index (χ4v) is 2.48. The van der Waals surface area contributed by atoms with E-state index in [1.807, 2.05) is 18.2 Å². The second kappa shape index (κ2) is 6.22. The van der Waals surface area contributed by atoms with E-state index in [1.54, 1.807) is 0 Å². The first-order valence-electron chi connectivity index (χ1n) is 6.08. The van der Waals surface area contributed by atoms with Crippen molar-refractivity contribution in [3.05, 3.63) is 40.9 Å². The Balaban J connectivity index is 2.00. The lowest BCUT2D eigenvalue weighted by Gasteiger charge is -2.27. The Kier molecular flexibility index (Phi) is 4.63. The van der Waals surface area contributed by atoms with Crippen LogP contribution in [0.25, 0.3) is 0 Å². The highest BCUT2D eigenvalue weighted by Gasteiger charge is 2.20. The molecule has 0 bridgehead atoms. The maximum atomic E-state index is 5.66. The zero-order chi connectivity index (χ0) is 12.1. The highest BCUT2D eigenvalue weighted by atomic mass is 79.9. The number of benzene rings is 1. The molecule has 0 radical (unpaired) electrons. The summed E-state index contributed by atoms with van der Waals surface area (Å²) < 4.78 is 6.77. The molecule has 1 heterocycles. The molecular formula is C14H18BrNO. The quantitative estimate of drug-likeness (QED) is 0.658. The first kappa shape index (κ1) is 12.7. The van der Waals surface area contributed by atoms with Crippen molar-refractivity contribution in [2.24, 2.45) is 0 Å². The zero-order valence-corrected chi connectivity index (χ0v) is 11.5. The van der Waals surface area contributed by atoms with Gasteiger partial charge in [-0.2, -0.15) is 0 Å². The minimum absolute atomic E-state index is 0.418. The van der Waals surface area contributed by atoms with E-state index in [4.69, 9.17) is 4.74 Å². The van der Waals surface area contributed by atoms with Crippen molar-refractivity contribution in [2.75, 3.05) is 13.2 Å². The van der Waals surface area contributed by atoms with Gasteiger partial charge in [-0.3, -0.25) is 0 Å². The number of halogens is 1. The molecule has 92 valence electrons. The number of fused-ring (bicyclic) bond motifs is 1. The maximum Gasteiger partial charge on any atom is 0.124 e. The van der Waals surface area contributed by atoms with Gasteiger partial charge in [-0.25, -0.2) is 0 Å². The Hall–Kier alpha value is -0.800. The number of rotatable bonds is 5. The monoisotopic (exact) mass is 295 g/mol. The Bertz CT molecular complexity index is 392. The number of unbranched alkanes of at least 4 members (excludes halogenated alkanes) is 1. The molecular weight excluding hydrogens is 278 g/mol. The molecule has 1 aliphatic heterocycles.